The second kappa shape index (κ2) is 6.35. The zero-order valence-electron chi connectivity index (χ0n) is 14.0. The van der Waals surface area contributed by atoms with Crippen molar-refractivity contribution in [3.05, 3.63) is 54.9 Å². The summed E-state index contributed by atoms with van der Waals surface area (Å²) in [4.78, 5) is 8.88. The molecule has 0 unspecified atom stereocenters. The number of ether oxygens (including phenoxy) is 2. The molecule has 0 bridgehead atoms. The summed E-state index contributed by atoms with van der Waals surface area (Å²) in [6.45, 7) is 0. The van der Waals surface area contributed by atoms with Gasteiger partial charge in [-0.25, -0.2) is 9.97 Å². The summed E-state index contributed by atoms with van der Waals surface area (Å²) in [6.07, 6.45) is -1.29. The van der Waals surface area contributed by atoms with Gasteiger partial charge in [0.1, 0.15) is 11.5 Å². The largest absolute Gasteiger partial charge is 0.573 e. The fraction of sp³-hybridized carbons (Fsp3) is 0.111. The van der Waals surface area contributed by atoms with Crippen LogP contribution in [0.4, 0.5) is 24.7 Å². The minimum Gasteiger partial charge on any atom is -0.497 e. The van der Waals surface area contributed by atoms with E-state index in [9.17, 15) is 13.2 Å². The average Bonchev–Trinajstić information content (AvgIpc) is 3.12. The van der Waals surface area contributed by atoms with Crippen LogP contribution in [0.3, 0.4) is 0 Å². The van der Waals surface area contributed by atoms with Crippen LogP contribution in [0, 0.1) is 0 Å². The molecule has 9 heteroatoms. The Bertz CT molecular complexity index is 1110. The monoisotopic (exact) mass is 374 g/mol. The minimum absolute atomic E-state index is 0.294. The SMILES string of the molecule is COc1ccc2nc(Nc3ccc(OC(F)(F)F)cc3)c3nccn3c2c1. The molecule has 2 aromatic heterocycles. The maximum atomic E-state index is 12.3. The van der Waals surface area contributed by atoms with Crippen LogP contribution in [0.1, 0.15) is 0 Å². The molecule has 4 aromatic rings. The highest BCUT2D eigenvalue weighted by Gasteiger charge is 2.30. The molecule has 0 saturated heterocycles. The van der Waals surface area contributed by atoms with Crippen molar-refractivity contribution >= 4 is 28.2 Å². The highest BCUT2D eigenvalue weighted by molar-refractivity contribution is 5.85. The van der Waals surface area contributed by atoms with Crippen molar-refractivity contribution in [3.63, 3.8) is 0 Å². The number of rotatable bonds is 4. The first-order valence-electron chi connectivity index (χ1n) is 7.86. The quantitative estimate of drug-likeness (QED) is 0.569. The van der Waals surface area contributed by atoms with E-state index in [0.717, 1.165) is 5.52 Å². The van der Waals surface area contributed by atoms with Crippen LogP contribution >= 0.6 is 0 Å². The maximum Gasteiger partial charge on any atom is 0.573 e. The van der Waals surface area contributed by atoms with Crippen LogP contribution in [0.2, 0.25) is 0 Å². The van der Waals surface area contributed by atoms with Crippen LogP contribution in [0.15, 0.2) is 54.9 Å². The Hall–Kier alpha value is -3.49. The number of anilines is 2. The molecule has 0 amide bonds. The van der Waals surface area contributed by atoms with Gasteiger partial charge in [0.25, 0.3) is 0 Å². The van der Waals surface area contributed by atoms with E-state index in [-0.39, 0.29) is 5.75 Å². The van der Waals surface area contributed by atoms with Gasteiger partial charge in [0, 0.05) is 24.1 Å². The van der Waals surface area contributed by atoms with Crippen molar-refractivity contribution in [1.82, 2.24) is 14.4 Å². The van der Waals surface area contributed by atoms with Crippen molar-refractivity contribution in [2.45, 2.75) is 6.36 Å². The minimum atomic E-state index is -4.72. The molecule has 0 atom stereocenters. The number of hydrogen-bond donors (Lipinski definition) is 1. The number of benzene rings is 2. The highest BCUT2D eigenvalue weighted by Crippen LogP contribution is 2.28. The third kappa shape index (κ3) is 3.43. The summed E-state index contributed by atoms with van der Waals surface area (Å²) in [6, 6.07) is 10.9. The topological polar surface area (TPSA) is 60.7 Å². The van der Waals surface area contributed by atoms with Gasteiger partial charge in [-0.2, -0.15) is 0 Å². The number of halogens is 3. The lowest BCUT2D eigenvalue weighted by atomic mass is 10.2. The predicted molar refractivity (Wildman–Crippen MR) is 93.5 cm³/mol. The molecule has 0 aliphatic heterocycles. The summed E-state index contributed by atoms with van der Waals surface area (Å²) in [7, 11) is 1.59. The normalized spacial score (nSPS) is 11.7. The molecule has 0 saturated carbocycles. The molecule has 0 aliphatic rings. The molecular formula is C18H13F3N4O2. The van der Waals surface area contributed by atoms with Crippen LogP contribution in [-0.2, 0) is 0 Å². The zero-order valence-corrected chi connectivity index (χ0v) is 14.0. The number of aromatic nitrogens is 3. The fourth-order valence-corrected chi connectivity index (χ4v) is 2.72. The Morgan fingerprint density at radius 2 is 1.78 bits per heavy atom. The Morgan fingerprint density at radius 3 is 2.48 bits per heavy atom. The van der Waals surface area contributed by atoms with E-state index in [4.69, 9.17) is 4.74 Å². The molecule has 1 N–H and O–H groups in total. The molecule has 0 fully saturated rings. The van der Waals surface area contributed by atoms with E-state index < -0.39 is 6.36 Å². The highest BCUT2D eigenvalue weighted by atomic mass is 19.4. The first kappa shape index (κ1) is 17.0. The lowest BCUT2D eigenvalue weighted by Gasteiger charge is -2.12. The van der Waals surface area contributed by atoms with Crippen molar-refractivity contribution in [2.24, 2.45) is 0 Å². The van der Waals surface area contributed by atoms with Crippen molar-refractivity contribution in [1.29, 1.82) is 0 Å². The van der Waals surface area contributed by atoms with Gasteiger partial charge in [-0.3, -0.25) is 4.40 Å². The van der Waals surface area contributed by atoms with Gasteiger partial charge in [0.05, 0.1) is 18.1 Å². The summed E-state index contributed by atoms with van der Waals surface area (Å²) < 4.78 is 47.8. The van der Waals surface area contributed by atoms with Gasteiger partial charge < -0.3 is 14.8 Å². The number of alkyl halides is 3. The average molecular weight is 374 g/mol. The second-order valence-corrected chi connectivity index (χ2v) is 5.63. The van der Waals surface area contributed by atoms with E-state index in [1.54, 1.807) is 25.6 Å². The number of fused-ring (bicyclic) bond motifs is 3. The van der Waals surface area contributed by atoms with E-state index in [1.165, 1.54) is 24.3 Å². The molecule has 6 nitrogen and oxygen atoms in total. The Kier molecular flexibility index (Phi) is 3.98. The number of imidazole rings is 1. The van der Waals surface area contributed by atoms with Gasteiger partial charge in [-0.1, -0.05) is 0 Å². The van der Waals surface area contributed by atoms with Crippen molar-refractivity contribution < 1.29 is 22.6 Å². The maximum absolute atomic E-state index is 12.3. The lowest BCUT2D eigenvalue weighted by Crippen LogP contribution is -2.16. The number of methoxy groups -OCH3 is 1. The molecule has 4 rings (SSSR count). The van der Waals surface area contributed by atoms with Crippen molar-refractivity contribution in [2.75, 3.05) is 12.4 Å². The number of nitrogens with one attached hydrogen (secondary N) is 1. The molecule has 0 radical (unpaired) electrons. The van der Waals surface area contributed by atoms with Crippen LogP contribution in [0.5, 0.6) is 11.5 Å². The first-order valence-corrected chi connectivity index (χ1v) is 7.86. The molecular weight excluding hydrogens is 361 g/mol. The standard InChI is InChI=1S/C18H13F3N4O2/c1-26-13-6-7-14-15(10-13)25-9-8-22-17(25)16(24-14)23-11-2-4-12(5-3-11)27-18(19,20)21/h2-10H,1H3,(H,23,24). The van der Waals surface area contributed by atoms with E-state index in [2.05, 4.69) is 20.0 Å². The lowest BCUT2D eigenvalue weighted by molar-refractivity contribution is -0.274. The molecule has 138 valence electrons. The molecule has 0 aliphatic carbocycles. The van der Waals surface area contributed by atoms with Crippen molar-refractivity contribution in [3.8, 4) is 11.5 Å². The Morgan fingerprint density at radius 1 is 1.04 bits per heavy atom. The van der Waals surface area contributed by atoms with Gasteiger partial charge in [-0.05, 0) is 36.4 Å². The predicted octanol–water partition coefficient (Wildman–Crippen LogP) is 4.53. The van der Waals surface area contributed by atoms with E-state index in [1.807, 2.05) is 16.5 Å². The third-order valence-corrected chi connectivity index (χ3v) is 3.88. The van der Waals surface area contributed by atoms with Crippen LogP contribution in [0.25, 0.3) is 16.7 Å². The molecule has 2 heterocycles. The number of nitrogens with zero attached hydrogens (tertiary/aromatic N) is 3. The molecule has 27 heavy (non-hydrogen) atoms. The second-order valence-electron chi connectivity index (χ2n) is 5.63. The summed E-state index contributed by atoms with van der Waals surface area (Å²) in [5.74, 6) is 0.875. The van der Waals surface area contributed by atoms with E-state index in [0.29, 0.717) is 28.4 Å². The first-order chi connectivity index (χ1) is 12.9. The molecule has 2 aromatic carbocycles. The fourth-order valence-electron chi connectivity index (χ4n) is 2.72. The van der Waals surface area contributed by atoms with Crippen LogP contribution < -0.4 is 14.8 Å². The van der Waals surface area contributed by atoms with E-state index >= 15 is 0 Å². The third-order valence-electron chi connectivity index (χ3n) is 3.88. The summed E-state index contributed by atoms with van der Waals surface area (Å²) in [5, 5.41) is 3.08. The molecule has 0 spiro atoms. The number of hydrogen-bond acceptors (Lipinski definition) is 5. The summed E-state index contributed by atoms with van der Waals surface area (Å²) >= 11 is 0. The zero-order chi connectivity index (χ0) is 19.0. The van der Waals surface area contributed by atoms with Crippen LogP contribution in [-0.4, -0.2) is 27.8 Å². The van der Waals surface area contributed by atoms with Gasteiger partial charge >= 0.3 is 6.36 Å². The Balaban J connectivity index is 1.70. The van der Waals surface area contributed by atoms with Gasteiger partial charge in [0.2, 0.25) is 0 Å². The van der Waals surface area contributed by atoms with Gasteiger partial charge in [-0.15, -0.1) is 13.2 Å². The smallest absolute Gasteiger partial charge is 0.497 e. The van der Waals surface area contributed by atoms with Gasteiger partial charge in [0.15, 0.2) is 11.5 Å². The summed E-state index contributed by atoms with van der Waals surface area (Å²) in [5.41, 5.74) is 2.66. The Labute approximate surface area is 151 Å².